The first-order valence-electron chi connectivity index (χ1n) is 11.6. The highest BCUT2D eigenvalue weighted by atomic mass is 32.2. The summed E-state index contributed by atoms with van der Waals surface area (Å²) in [6.07, 6.45) is 3.22. The molecule has 1 fully saturated rings. The maximum atomic E-state index is 15.1. The zero-order valence-corrected chi connectivity index (χ0v) is 20.7. The highest BCUT2D eigenvalue weighted by molar-refractivity contribution is 8.15. The van der Waals surface area contributed by atoms with E-state index in [-0.39, 0.29) is 36.1 Å². The van der Waals surface area contributed by atoms with Crippen LogP contribution in [0.25, 0.3) is 11.0 Å². The van der Waals surface area contributed by atoms with E-state index in [0.717, 1.165) is 17.8 Å². The third-order valence-electron chi connectivity index (χ3n) is 7.01. The number of hydrogen-bond donors (Lipinski definition) is 1. The molecule has 3 aromatic heterocycles. The highest BCUT2D eigenvalue weighted by Crippen LogP contribution is 2.68. The van der Waals surface area contributed by atoms with Gasteiger partial charge < -0.3 is 14.9 Å². The molecule has 2 aliphatic rings. The second-order valence-corrected chi connectivity index (χ2v) is 10.8. The fraction of sp³-hybridized carbons (Fsp3) is 0.320. The van der Waals surface area contributed by atoms with E-state index in [1.807, 2.05) is 0 Å². The highest BCUT2D eigenvalue weighted by Gasteiger charge is 2.71. The molecule has 13 heteroatoms. The molecule has 0 radical (unpaired) electrons. The molecule has 8 nitrogen and oxygen atoms in total. The van der Waals surface area contributed by atoms with Crippen LogP contribution in [-0.2, 0) is 18.6 Å². The molecule has 38 heavy (non-hydrogen) atoms. The Kier molecular flexibility index (Phi) is 5.78. The van der Waals surface area contributed by atoms with Crippen LogP contribution in [0.15, 0.2) is 52.7 Å². The Balaban J connectivity index is 1.32. The average Bonchev–Trinajstić information content (AvgIpc) is 3.42. The van der Waals surface area contributed by atoms with E-state index in [9.17, 15) is 13.2 Å². The SMILES string of the molecule is C[C@]1(c2cc(Cc3nccc4nc(OCc5cocn5)cnc34)cc(F)c2F)N=C(N)S[C@@]2(C(F)F)C[C@@H]12. The Morgan fingerprint density at radius 1 is 1.24 bits per heavy atom. The first kappa shape index (κ1) is 24.6. The second kappa shape index (κ2) is 8.93. The third kappa shape index (κ3) is 4.05. The number of benzene rings is 1. The van der Waals surface area contributed by atoms with E-state index in [1.54, 1.807) is 6.07 Å². The number of oxazole rings is 1. The number of thioether (sulfide) groups is 1. The Morgan fingerprint density at radius 2 is 2.08 bits per heavy atom. The molecule has 4 heterocycles. The number of nitrogens with two attached hydrogens (primary N) is 1. The summed E-state index contributed by atoms with van der Waals surface area (Å²) in [6.45, 7) is 1.67. The predicted molar refractivity (Wildman–Crippen MR) is 131 cm³/mol. The number of ether oxygens (including phenoxy) is 1. The quantitative estimate of drug-likeness (QED) is 0.332. The number of rotatable bonds is 7. The van der Waals surface area contributed by atoms with Crippen LogP contribution in [0.1, 0.15) is 35.9 Å². The first-order chi connectivity index (χ1) is 18.2. The maximum absolute atomic E-state index is 15.1. The average molecular weight is 545 g/mol. The van der Waals surface area contributed by atoms with Gasteiger partial charge in [-0.05, 0) is 37.1 Å². The lowest BCUT2D eigenvalue weighted by Crippen LogP contribution is -2.39. The van der Waals surface area contributed by atoms with Crippen molar-refractivity contribution in [2.75, 3.05) is 0 Å². The molecule has 1 aliphatic carbocycles. The number of halogens is 4. The summed E-state index contributed by atoms with van der Waals surface area (Å²) in [5, 5.41) is -0.0701. The second-order valence-electron chi connectivity index (χ2n) is 9.43. The molecule has 1 aromatic carbocycles. The van der Waals surface area contributed by atoms with E-state index in [2.05, 4.69) is 24.9 Å². The van der Waals surface area contributed by atoms with Gasteiger partial charge in [0, 0.05) is 24.1 Å². The standard InChI is InChI=1S/C25H20F4N6O2S/c1-24(18-7-25(18,22(28)29)38-23(30)35-24)14-4-12(5-15(26)20(14)27)6-17-21-16(2-3-31-17)34-19(8-32-21)37-10-13-9-36-11-33-13/h2-5,8-9,11,18,22H,6-7,10H2,1H3,(H2,30,35)/t18-,24+,25-/m0/s1. The summed E-state index contributed by atoms with van der Waals surface area (Å²) in [5.74, 6) is -2.66. The Bertz CT molecular complexity index is 1570. The molecule has 0 spiro atoms. The zero-order chi connectivity index (χ0) is 26.7. The van der Waals surface area contributed by atoms with Gasteiger partial charge in [0.15, 0.2) is 23.2 Å². The Labute approximate surface area is 217 Å². The Morgan fingerprint density at radius 3 is 2.84 bits per heavy atom. The zero-order valence-electron chi connectivity index (χ0n) is 19.9. The first-order valence-corrected chi connectivity index (χ1v) is 12.4. The molecule has 3 atom stereocenters. The third-order valence-corrected chi connectivity index (χ3v) is 8.32. The van der Waals surface area contributed by atoms with Gasteiger partial charge in [-0.1, -0.05) is 11.8 Å². The minimum atomic E-state index is -2.68. The number of nitrogens with zero attached hydrogens (tertiary/aromatic N) is 5. The molecule has 2 N–H and O–H groups in total. The smallest absolute Gasteiger partial charge is 0.253 e. The van der Waals surface area contributed by atoms with Gasteiger partial charge in [0.25, 0.3) is 6.43 Å². The van der Waals surface area contributed by atoms with Crippen LogP contribution in [0.3, 0.4) is 0 Å². The lowest BCUT2D eigenvalue weighted by atomic mass is 9.84. The van der Waals surface area contributed by atoms with Crippen LogP contribution >= 0.6 is 11.8 Å². The summed E-state index contributed by atoms with van der Waals surface area (Å²) in [4.78, 5) is 21.5. The normalized spacial score (nSPS) is 24.4. The van der Waals surface area contributed by atoms with Crippen LogP contribution in [0.2, 0.25) is 0 Å². The van der Waals surface area contributed by atoms with Crippen molar-refractivity contribution in [3.63, 3.8) is 0 Å². The number of aliphatic imine (C=N–C) groups is 1. The van der Waals surface area contributed by atoms with E-state index >= 15 is 4.39 Å². The van der Waals surface area contributed by atoms with Gasteiger partial charge in [0.05, 0.1) is 27.7 Å². The van der Waals surface area contributed by atoms with Crippen molar-refractivity contribution in [1.82, 2.24) is 19.9 Å². The molecule has 0 bridgehead atoms. The van der Waals surface area contributed by atoms with Crippen LogP contribution in [0.4, 0.5) is 17.6 Å². The molecule has 0 unspecified atom stereocenters. The number of amidine groups is 1. The Hall–Kier alpha value is -3.74. The van der Waals surface area contributed by atoms with Gasteiger partial charge in [0.1, 0.15) is 24.1 Å². The fourth-order valence-corrected chi connectivity index (χ4v) is 6.39. The van der Waals surface area contributed by atoms with Crippen molar-refractivity contribution < 1.29 is 26.7 Å². The van der Waals surface area contributed by atoms with Crippen LogP contribution in [0.5, 0.6) is 5.88 Å². The van der Waals surface area contributed by atoms with Crippen molar-refractivity contribution in [2.45, 2.75) is 43.1 Å². The van der Waals surface area contributed by atoms with Gasteiger partial charge >= 0.3 is 0 Å². The van der Waals surface area contributed by atoms with Crippen LogP contribution < -0.4 is 10.5 Å². The van der Waals surface area contributed by atoms with Gasteiger partial charge in [-0.3, -0.25) is 9.98 Å². The fourth-order valence-electron chi connectivity index (χ4n) is 5.05. The molecule has 1 aliphatic heterocycles. The molecule has 4 aromatic rings. The summed E-state index contributed by atoms with van der Waals surface area (Å²) >= 11 is 0.808. The van der Waals surface area contributed by atoms with Crippen LogP contribution in [-0.4, -0.2) is 36.3 Å². The lowest BCUT2D eigenvalue weighted by molar-refractivity contribution is 0.123. The van der Waals surface area contributed by atoms with Gasteiger partial charge in [0.2, 0.25) is 5.88 Å². The maximum Gasteiger partial charge on any atom is 0.253 e. The van der Waals surface area contributed by atoms with E-state index in [0.29, 0.717) is 28.0 Å². The van der Waals surface area contributed by atoms with Gasteiger partial charge in [-0.25, -0.2) is 32.5 Å². The molecule has 0 saturated heterocycles. The number of aromatic nitrogens is 4. The summed E-state index contributed by atoms with van der Waals surface area (Å²) in [5.41, 5.74) is 6.71. The topological polar surface area (TPSA) is 112 Å². The van der Waals surface area contributed by atoms with Crippen molar-refractivity contribution in [2.24, 2.45) is 16.6 Å². The molecular formula is C25H20F4N6O2S. The van der Waals surface area contributed by atoms with Crippen molar-refractivity contribution in [3.8, 4) is 5.88 Å². The van der Waals surface area contributed by atoms with Crippen molar-refractivity contribution >= 4 is 28.0 Å². The van der Waals surface area contributed by atoms with Crippen LogP contribution in [0, 0.1) is 17.6 Å². The molecule has 6 rings (SSSR count). The minimum absolute atomic E-state index is 0.0701. The minimum Gasteiger partial charge on any atom is -0.470 e. The molecule has 1 saturated carbocycles. The summed E-state index contributed by atoms with van der Waals surface area (Å²) in [7, 11) is 0. The largest absolute Gasteiger partial charge is 0.470 e. The predicted octanol–water partition coefficient (Wildman–Crippen LogP) is 4.76. The van der Waals surface area contributed by atoms with Crippen molar-refractivity contribution in [3.05, 3.63) is 77.4 Å². The van der Waals surface area contributed by atoms with E-state index < -0.39 is 34.3 Å². The van der Waals surface area contributed by atoms with Gasteiger partial charge in [-0.2, -0.15) is 0 Å². The van der Waals surface area contributed by atoms with Gasteiger partial charge in [-0.15, -0.1) is 0 Å². The number of pyridine rings is 1. The molecule has 196 valence electrons. The lowest BCUT2D eigenvalue weighted by Gasteiger charge is -2.34. The summed E-state index contributed by atoms with van der Waals surface area (Å²) in [6, 6.07) is 4.16. The molecular weight excluding hydrogens is 524 g/mol. The summed E-state index contributed by atoms with van der Waals surface area (Å²) < 4.78 is 66.8. The molecule has 0 amide bonds. The number of alkyl halides is 2. The number of hydrogen-bond acceptors (Lipinski definition) is 9. The monoisotopic (exact) mass is 544 g/mol. The van der Waals surface area contributed by atoms with E-state index in [1.165, 1.54) is 38.0 Å². The van der Waals surface area contributed by atoms with E-state index in [4.69, 9.17) is 14.9 Å². The number of fused-ring (bicyclic) bond motifs is 2. The van der Waals surface area contributed by atoms with Crippen molar-refractivity contribution in [1.29, 1.82) is 0 Å².